The first kappa shape index (κ1) is 11.6. The SMILES string of the molecule is CC(=O)Oc1ccc(COC(=O)S)cc1. The number of hydrogen-bond donors (Lipinski definition) is 1. The first-order valence-corrected chi connectivity index (χ1v) is 4.66. The van der Waals surface area contributed by atoms with Gasteiger partial charge in [-0.3, -0.25) is 4.79 Å². The minimum absolute atomic E-state index is 0.155. The minimum Gasteiger partial charge on any atom is -0.453 e. The fourth-order valence-electron chi connectivity index (χ4n) is 0.965. The Morgan fingerprint density at radius 3 is 2.33 bits per heavy atom. The van der Waals surface area contributed by atoms with Crippen LogP contribution in [0.25, 0.3) is 0 Å². The lowest BCUT2D eigenvalue weighted by atomic mass is 10.2. The van der Waals surface area contributed by atoms with Crippen molar-refractivity contribution in [3.63, 3.8) is 0 Å². The molecular weight excluding hydrogens is 216 g/mol. The van der Waals surface area contributed by atoms with Crippen LogP contribution in [0.15, 0.2) is 24.3 Å². The molecule has 0 heterocycles. The molecule has 0 radical (unpaired) electrons. The van der Waals surface area contributed by atoms with Crippen LogP contribution in [0.5, 0.6) is 5.75 Å². The summed E-state index contributed by atoms with van der Waals surface area (Å²) in [7, 11) is 0. The number of ether oxygens (including phenoxy) is 2. The number of hydrogen-bond acceptors (Lipinski definition) is 4. The number of esters is 1. The van der Waals surface area contributed by atoms with Crippen molar-refractivity contribution < 1.29 is 19.1 Å². The average molecular weight is 226 g/mol. The van der Waals surface area contributed by atoms with Crippen LogP contribution in [-0.2, 0) is 16.1 Å². The number of carbonyl (C=O) groups is 2. The van der Waals surface area contributed by atoms with E-state index < -0.39 is 5.30 Å². The van der Waals surface area contributed by atoms with E-state index in [4.69, 9.17) is 4.74 Å². The summed E-state index contributed by atoms with van der Waals surface area (Å²) >= 11 is 3.46. The van der Waals surface area contributed by atoms with Crippen molar-refractivity contribution in [1.82, 2.24) is 0 Å². The molecule has 0 aliphatic carbocycles. The summed E-state index contributed by atoms with van der Waals surface area (Å²) in [6, 6.07) is 6.66. The Morgan fingerprint density at radius 1 is 1.27 bits per heavy atom. The molecule has 0 amide bonds. The molecule has 0 aliphatic rings. The Hall–Kier alpha value is -1.49. The average Bonchev–Trinajstić information content (AvgIpc) is 2.16. The molecule has 0 saturated carbocycles. The minimum atomic E-state index is -0.626. The second-order valence-electron chi connectivity index (χ2n) is 2.79. The van der Waals surface area contributed by atoms with Crippen LogP contribution in [0.3, 0.4) is 0 Å². The summed E-state index contributed by atoms with van der Waals surface area (Å²) in [5.74, 6) is 0.0907. The maximum atomic E-state index is 10.6. The Labute approximate surface area is 92.6 Å². The first-order valence-electron chi connectivity index (χ1n) is 4.21. The van der Waals surface area contributed by atoms with Gasteiger partial charge in [0.25, 0.3) is 0 Å². The third kappa shape index (κ3) is 4.51. The lowest BCUT2D eigenvalue weighted by Crippen LogP contribution is -2.01. The van der Waals surface area contributed by atoms with E-state index in [1.807, 2.05) is 0 Å². The Balaban J connectivity index is 2.56. The standard InChI is InChI=1S/C10H10O4S/c1-7(11)14-9-4-2-8(3-5-9)6-13-10(12)15/h2-5H,6H2,1H3,(H,12,15). The highest BCUT2D eigenvalue weighted by Gasteiger charge is 2.00. The number of thiol groups is 1. The molecule has 0 spiro atoms. The van der Waals surface area contributed by atoms with E-state index in [-0.39, 0.29) is 12.6 Å². The van der Waals surface area contributed by atoms with Gasteiger partial charge in [0, 0.05) is 6.92 Å². The maximum Gasteiger partial charge on any atom is 0.364 e. The number of benzene rings is 1. The molecular formula is C10H10O4S. The Bertz CT molecular complexity index is 358. The van der Waals surface area contributed by atoms with E-state index in [0.29, 0.717) is 5.75 Å². The van der Waals surface area contributed by atoms with Gasteiger partial charge in [-0.2, -0.15) is 0 Å². The van der Waals surface area contributed by atoms with Crippen molar-refractivity contribution >= 4 is 23.9 Å². The summed E-state index contributed by atoms with van der Waals surface area (Å²) in [6.07, 6.45) is 0. The third-order valence-corrected chi connectivity index (χ3v) is 1.68. The maximum absolute atomic E-state index is 10.6. The Kier molecular flexibility index (Phi) is 4.17. The highest BCUT2D eigenvalue weighted by molar-refractivity contribution is 7.96. The predicted molar refractivity (Wildman–Crippen MR) is 56.9 cm³/mol. The molecule has 1 aromatic carbocycles. The zero-order valence-corrected chi connectivity index (χ0v) is 8.99. The quantitative estimate of drug-likeness (QED) is 0.487. The lowest BCUT2D eigenvalue weighted by molar-refractivity contribution is -0.131. The fourth-order valence-corrected chi connectivity index (χ4v) is 1.03. The molecule has 0 atom stereocenters. The second-order valence-corrected chi connectivity index (χ2v) is 3.16. The van der Waals surface area contributed by atoms with Crippen LogP contribution in [-0.4, -0.2) is 11.3 Å². The van der Waals surface area contributed by atoms with Crippen LogP contribution in [0.2, 0.25) is 0 Å². The normalized spacial score (nSPS) is 9.47. The van der Waals surface area contributed by atoms with Gasteiger partial charge in [-0.15, -0.1) is 0 Å². The molecule has 0 fully saturated rings. The van der Waals surface area contributed by atoms with Crippen LogP contribution in [0, 0.1) is 0 Å². The van der Waals surface area contributed by atoms with Gasteiger partial charge in [0.05, 0.1) is 0 Å². The van der Waals surface area contributed by atoms with Crippen molar-refractivity contribution in [2.24, 2.45) is 0 Å². The van der Waals surface area contributed by atoms with Crippen LogP contribution in [0.4, 0.5) is 4.79 Å². The van der Waals surface area contributed by atoms with Crippen molar-refractivity contribution in [3.8, 4) is 5.75 Å². The first-order chi connectivity index (χ1) is 7.08. The van der Waals surface area contributed by atoms with Crippen LogP contribution < -0.4 is 4.74 Å². The number of rotatable bonds is 3. The van der Waals surface area contributed by atoms with E-state index in [2.05, 4.69) is 17.4 Å². The molecule has 0 aromatic heterocycles. The second kappa shape index (κ2) is 5.41. The van der Waals surface area contributed by atoms with Gasteiger partial charge < -0.3 is 9.47 Å². The molecule has 80 valence electrons. The highest BCUT2D eigenvalue weighted by atomic mass is 32.1. The zero-order valence-electron chi connectivity index (χ0n) is 8.10. The summed E-state index contributed by atoms with van der Waals surface area (Å²) in [4.78, 5) is 21.0. The van der Waals surface area contributed by atoms with Crippen molar-refractivity contribution in [1.29, 1.82) is 0 Å². The van der Waals surface area contributed by atoms with E-state index in [9.17, 15) is 9.59 Å². The fraction of sp³-hybridized carbons (Fsp3) is 0.200. The van der Waals surface area contributed by atoms with E-state index in [1.165, 1.54) is 6.92 Å². The van der Waals surface area contributed by atoms with E-state index >= 15 is 0 Å². The molecule has 1 aromatic rings. The smallest absolute Gasteiger partial charge is 0.364 e. The van der Waals surface area contributed by atoms with Gasteiger partial charge in [-0.05, 0) is 17.7 Å². The van der Waals surface area contributed by atoms with Gasteiger partial charge >= 0.3 is 11.3 Å². The van der Waals surface area contributed by atoms with Crippen molar-refractivity contribution in [3.05, 3.63) is 29.8 Å². The summed E-state index contributed by atoms with van der Waals surface area (Å²) in [5, 5.41) is -0.626. The van der Waals surface area contributed by atoms with Gasteiger partial charge in [0.15, 0.2) is 0 Å². The zero-order chi connectivity index (χ0) is 11.3. The van der Waals surface area contributed by atoms with Gasteiger partial charge in [-0.1, -0.05) is 24.8 Å². The summed E-state index contributed by atoms with van der Waals surface area (Å²) < 4.78 is 9.50. The molecule has 0 bridgehead atoms. The number of carbonyl (C=O) groups excluding carboxylic acids is 2. The predicted octanol–water partition coefficient (Wildman–Crippen LogP) is 2.18. The monoisotopic (exact) mass is 226 g/mol. The largest absolute Gasteiger partial charge is 0.453 e. The van der Waals surface area contributed by atoms with Crippen LogP contribution in [0.1, 0.15) is 12.5 Å². The summed E-state index contributed by atoms with van der Waals surface area (Å²) in [6.45, 7) is 1.49. The topological polar surface area (TPSA) is 52.6 Å². The molecule has 1 rings (SSSR count). The lowest BCUT2D eigenvalue weighted by Gasteiger charge is -2.03. The molecule has 0 unspecified atom stereocenters. The molecule has 5 heteroatoms. The molecule has 15 heavy (non-hydrogen) atoms. The third-order valence-electron chi connectivity index (χ3n) is 1.55. The highest BCUT2D eigenvalue weighted by Crippen LogP contribution is 2.13. The molecule has 0 N–H and O–H groups in total. The van der Waals surface area contributed by atoms with E-state index in [0.717, 1.165) is 5.56 Å². The molecule has 0 aliphatic heterocycles. The van der Waals surface area contributed by atoms with Crippen LogP contribution >= 0.6 is 12.6 Å². The Morgan fingerprint density at radius 2 is 1.87 bits per heavy atom. The van der Waals surface area contributed by atoms with Gasteiger partial charge in [0.2, 0.25) is 0 Å². The van der Waals surface area contributed by atoms with Crippen molar-refractivity contribution in [2.75, 3.05) is 0 Å². The van der Waals surface area contributed by atoms with Gasteiger partial charge in [-0.25, -0.2) is 4.79 Å². The van der Waals surface area contributed by atoms with Gasteiger partial charge in [0.1, 0.15) is 12.4 Å². The molecule has 0 saturated heterocycles. The van der Waals surface area contributed by atoms with E-state index in [1.54, 1.807) is 24.3 Å². The molecule has 4 nitrogen and oxygen atoms in total. The summed E-state index contributed by atoms with van der Waals surface area (Å²) in [5.41, 5.74) is 0.799. The van der Waals surface area contributed by atoms with Crippen molar-refractivity contribution in [2.45, 2.75) is 13.5 Å².